The molecule has 160 valence electrons. The van der Waals surface area contributed by atoms with Gasteiger partial charge in [-0.3, -0.25) is 0 Å². The minimum absolute atomic E-state index is 0.0133. The van der Waals surface area contributed by atoms with Crippen LogP contribution in [-0.2, 0) is 19.5 Å². The Morgan fingerprint density at radius 1 is 1.21 bits per heavy atom. The van der Waals surface area contributed by atoms with Gasteiger partial charge in [-0.25, -0.2) is 8.42 Å². The maximum absolute atomic E-state index is 13.3. The van der Waals surface area contributed by atoms with Gasteiger partial charge in [-0.1, -0.05) is 23.2 Å². The molecule has 0 amide bonds. The van der Waals surface area contributed by atoms with Gasteiger partial charge in [0, 0.05) is 39.0 Å². The molecule has 1 aliphatic heterocycles. The first-order valence-corrected chi connectivity index (χ1v) is 11.1. The highest BCUT2D eigenvalue weighted by Crippen LogP contribution is 2.41. The van der Waals surface area contributed by atoms with Gasteiger partial charge in [-0.2, -0.15) is 4.31 Å². The molecule has 2 rings (SSSR count). The molecular formula is C18H28Cl2N2O5S. The van der Waals surface area contributed by atoms with E-state index in [1.807, 2.05) is 13.8 Å². The van der Waals surface area contributed by atoms with Crippen molar-refractivity contribution < 1.29 is 23.0 Å². The van der Waals surface area contributed by atoms with Gasteiger partial charge in [-0.15, -0.1) is 0 Å². The second kappa shape index (κ2) is 8.63. The predicted molar refractivity (Wildman–Crippen MR) is 111 cm³/mol. The summed E-state index contributed by atoms with van der Waals surface area (Å²) in [5.74, 6) is 0. The number of nitrogens with one attached hydrogen (secondary N) is 1. The molecule has 0 spiro atoms. The van der Waals surface area contributed by atoms with Crippen LogP contribution in [0.4, 0.5) is 5.69 Å². The number of nitrogens with zero attached hydrogens (tertiary/aromatic N) is 1. The molecule has 0 bridgehead atoms. The molecule has 0 saturated carbocycles. The van der Waals surface area contributed by atoms with Crippen LogP contribution in [0.5, 0.6) is 0 Å². The summed E-state index contributed by atoms with van der Waals surface area (Å²) < 4.78 is 39.3. The lowest BCUT2D eigenvalue weighted by Gasteiger charge is -2.50. The monoisotopic (exact) mass is 454 g/mol. The molecule has 0 aliphatic carbocycles. The molecule has 7 nitrogen and oxygen atoms in total. The van der Waals surface area contributed by atoms with Gasteiger partial charge in [-0.05, 0) is 39.3 Å². The van der Waals surface area contributed by atoms with E-state index in [0.717, 1.165) is 0 Å². The first-order chi connectivity index (χ1) is 12.9. The second-order valence-corrected chi connectivity index (χ2v) is 10.1. The van der Waals surface area contributed by atoms with Crippen molar-refractivity contribution in [1.82, 2.24) is 4.31 Å². The molecule has 1 saturated heterocycles. The third-order valence-electron chi connectivity index (χ3n) is 5.62. The fourth-order valence-electron chi connectivity index (χ4n) is 3.34. The van der Waals surface area contributed by atoms with E-state index in [1.165, 1.54) is 23.5 Å². The molecule has 1 heterocycles. The third-order valence-corrected chi connectivity index (χ3v) is 8.39. The number of rotatable bonds is 7. The third kappa shape index (κ3) is 4.28. The Balaban J connectivity index is 2.40. The zero-order valence-electron chi connectivity index (χ0n) is 16.8. The fourth-order valence-corrected chi connectivity index (χ4v) is 6.03. The second-order valence-electron chi connectivity index (χ2n) is 7.46. The average Bonchev–Trinajstić information content (AvgIpc) is 2.62. The van der Waals surface area contributed by atoms with Crippen LogP contribution >= 0.6 is 23.2 Å². The molecule has 0 radical (unpaired) electrons. The smallest absolute Gasteiger partial charge is 0.246 e. The minimum Gasteiger partial charge on any atom is -0.394 e. The molecule has 0 unspecified atom stereocenters. The molecule has 1 aliphatic rings. The number of methoxy groups -OCH3 is 2. The van der Waals surface area contributed by atoms with Crippen molar-refractivity contribution in [3.8, 4) is 0 Å². The van der Waals surface area contributed by atoms with Crippen LogP contribution in [0.15, 0.2) is 17.0 Å². The number of halogens is 2. The first-order valence-electron chi connectivity index (χ1n) is 8.91. The van der Waals surface area contributed by atoms with E-state index >= 15 is 0 Å². The Morgan fingerprint density at radius 2 is 1.75 bits per heavy atom. The Hall–Kier alpha value is -0.610. The lowest BCUT2D eigenvalue weighted by Crippen LogP contribution is -2.64. The summed E-state index contributed by atoms with van der Waals surface area (Å²) in [7, 11) is -0.828. The van der Waals surface area contributed by atoms with Crippen LogP contribution in [0.25, 0.3) is 0 Å². The molecule has 1 aromatic carbocycles. The highest BCUT2D eigenvalue weighted by Gasteiger charge is 2.52. The van der Waals surface area contributed by atoms with Crippen molar-refractivity contribution in [3.05, 3.63) is 22.2 Å². The number of aliphatic hydroxyl groups is 1. The number of piperidine rings is 1. The Morgan fingerprint density at radius 3 is 2.21 bits per heavy atom. The van der Waals surface area contributed by atoms with Crippen LogP contribution in [0, 0.1) is 0 Å². The van der Waals surface area contributed by atoms with Crippen molar-refractivity contribution >= 4 is 38.9 Å². The van der Waals surface area contributed by atoms with Gasteiger partial charge in [0.25, 0.3) is 0 Å². The van der Waals surface area contributed by atoms with Crippen LogP contribution in [0.1, 0.15) is 27.2 Å². The van der Waals surface area contributed by atoms with Crippen molar-refractivity contribution in [2.45, 2.75) is 49.3 Å². The lowest BCUT2D eigenvalue weighted by atomic mass is 9.80. The van der Waals surface area contributed by atoms with Crippen molar-refractivity contribution in [3.63, 3.8) is 0 Å². The normalized spacial score (nSPS) is 27.6. The first kappa shape index (κ1) is 23.7. The van der Waals surface area contributed by atoms with Crippen LogP contribution < -0.4 is 5.32 Å². The average molecular weight is 455 g/mol. The molecule has 1 aromatic rings. The summed E-state index contributed by atoms with van der Waals surface area (Å²) in [6, 6.07) is 2.75. The highest BCUT2D eigenvalue weighted by atomic mass is 35.5. The number of benzene rings is 1. The van der Waals surface area contributed by atoms with E-state index < -0.39 is 21.2 Å². The Kier molecular flexibility index (Phi) is 7.30. The van der Waals surface area contributed by atoms with Crippen LogP contribution in [0.2, 0.25) is 10.0 Å². The highest BCUT2D eigenvalue weighted by molar-refractivity contribution is 7.89. The molecular weight excluding hydrogens is 427 g/mol. The quantitative estimate of drug-likeness (QED) is 0.658. The van der Waals surface area contributed by atoms with Crippen molar-refractivity contribution in [1.29, 1.82) is 0 Å². The number of ether oxygens (including phenoxy) is 2. The Labute approximate surface area is 177 Å². The molecule has 28 heavy (non-hydrogen) atoms. The van der Waals surface area contributed by atoms with E-state index in [4.69, 9.17) is 32.7 Å². The van der Waals surface area contributed by atoms with Gasteiger partial charge in [0.2, 0.25) is 10.0 Å². The largest absolute Gasteiger partial charge is 0.394 e. The van der Waals surface area contributed by atoms with E-state index in [2.05, 4.69) is 5.32 Å². The van der Waals surface area contributed by atoms with E-state index in [-0.39, 0.29) is 40.7 Å². The molecule has 1 fully saturated rings. The number of hydrogen-bond acceptors (Lipinski definition) is 6. The lowest BCUT2D eigenvalue weighted by molar-refractivity contribution is -0.191. The van der Waals surface area contributed by atoms with Gasteiger partial charge < -0.3 is 19.9 Å². The van der Waals surface area contributed by atoms with Crippen molar-refractivity contribution in [2.75, 3.05) is 39.2 Å². The maximum Gasteiger partial charge on any atom is 0.246 e. The summed E-state index contributed by atoms with van der Waals surface area (Å²) in [6.45, 7) is 5.77. The van der Waals surface area contributed by atoms with Gasteiger partial charge in [0.05, 0.1) is 22.3 Å². The zero-order chi connectivity index (χ0) is 21.3. The van der Waals surface area contributed by atoms with Gasteiger partial charge >= 0.3 is 0 Å². The van der Waals surface area contributed by atoms with Crippen LogP contribution in [-0.4, -0.2) is 69.0 Å². The standard InChI is InChI=1S/C18H28Cl2N2O5S/c1-12(10-23)21-13-8-14(19)16(15(20)9-13)28(24,25)22-7-6-17(2,26-4)18(3,11-22)27-5/h8-9,12,21,23H,6-7,10-11H2,1-5H3/t12-,17-,18+/m0/s1. The van der Waals surface area contributed by atoms with Gasteiger partial charge in [0.15, 0.2) is 0 Å². The van der Waals surface area contributed by atoms with E-state index in [9.17, 15) is 13.5 Å². The molecule has 10 heteroatoms. The summed E-state index contributed by atoms with van der Waals surface area (Å²) in [5, 5.41) is 12.2. The molecule has 2 N–H and O–H groups in total. The fraction of sp³-hybridized carbons (Fsp3) is 0.667. The predicted octanol–water partition coefficient (Wildman–Crippen LogP) is 2.99. The van der Waals surface area contributed by atoms with E-state index in [1.54, 1.807) is 14.0 Å². The van der Waals surface area contributed by atoms with Crippen molar-refractivity contribution in [2.24, 2.45) is 0 Å². The maximum atomic E-state index is 13.3. The molecule has 3 atom stereocenters. The number of sulfonamides is 1. The van der Waals surface area contributed by atoms with Gasteiger partial charge in [0.1, 0.15) is 10.5 Å². The van der Waals surface area contributed by atoms with Crippen LogP contribution in [0.3, 0.4) is 0 Å². The number of aliphatic hydroxyl groups excluding tert-OH is 1. The number of anilines is 1. The van der Waals surface area contributed by atoms with E-state index in [0.29, 0.717) is 12.1 Å². The summed E-state index contributed by atoms with van der Waals surface area (Å²) in [5.41, 5.74) is -0.942. The Bertz CT molecular complexity index is 799. The summed E-state index contributed by atoms with van der Waals surface area (Å²) in [6.07, 6.45) is 0.454. The minimum atomic E-state index is -3.96. The molecule has 0 aromatic heterocycles. The topological polar surface area (TPSA) is 88.1 Å². The summed E-state index contributed by atoms with van der Waals surface area (Å²) >= 11 is 12.6. The zero-order valence-corrected chi connectivity index (χ0v) is 19.1. The SMILES string of the molecule is CO[C@]1(C)CN(S(=O)(=O)c2c(Cl)cc(N[C@@H](C)CO)cc2Cl)CC[C@]1(C)OC. The summed E-state index contributed by atoms with van der Waals surface area (Å²) in [4.78, 5) is -0.141. The number of hydrogen-bond donors (Lipinski definition) is 2.